The Morgan fingerprint density at radius 3 is 2.92 bits per heavy atom. The first kappa shape index (κ1) is 16.9. The fourth-order valence-electron chi connectivity index (χ4n) is 4.69. The van der Waals surface area contributed by atoms with E-state index in [1.807, 2.05) is 16.9 Å². The molecule has 1 fully saturated rings. The van der Waals surface area contributed by atoms with Gasteiger partial charge in [-0.3, -0.25) is 9.48 Å². The van der Waals surface area contributed by atoms with E-state index < -0.39 is 0 Å². The lowest BCUT2D eigenvalue weighted by Crippen LogP contribution is -2.50. The first-order chi connectivity index (χ1) is 12.2. The van der Waals surface area contributed by atoms with E-state index in [4.69, 9.17) is 11.6 Å². The molecule has 25 heavy (non-hydrogen) atoms. The number of likely N-dealkylation sites (tertiary alicyclic amines) is 1. The second kappa shape index (κ2) is 6.96. The topological polar surface area (TPSA) is 43.1 Å². The molecule has 2 aromatic heterocycles. The van der Waals surface area contributed by atoms with Gasteiger partial charge < -0.3 is 9.47 Å². The standard InChI is InChI=1S/C19H25ClN4O/c1-2-4-17-14-9-15(18-5-3-6-19(25)24(17)18)12-22(11-14)7-8-23-13-16(20)10-21-23/h3,5-6,10,13-15,17H,2,4,7-9,11-12H2,1H3/t14-,15+,17-/m0/s1. The van der Waals surface area contributed by atoms with E-state index >= 15 is 0 Å². The van der Waals surface area contributed by atoms with Crippen LogP contribution in [-0.2, 0) is 6.54 Å². The van der Waals surface area contributed by atoms with Gasteiger partial charge in [0.05, 0.1) is 17.8 Å². The third-order valence-electron chi connectivity index (χ3n) is 5.71. The van der Waals surface area contributed by atoms with Crippen molar-refractivity contribution in [2.45, 2.75) is 44.7 Å². The van der Waals surface area contributed by atoms with Crippen LogP contribution in [-0.4, -0.2) is 38.9 Å². The monoisotopic (exact) mass is 360 g/mol. The zero-order valence-corrected chi connectivity index (χ0v) is 15.4. The van der Waals surface area contributed by atoms with Crippen molar-refractivity contribution in [2.75, 3.05) is 19.6 Å². The van der Waals surface area contributed by atoms with E-state index in [9.17, 15) is 4.79 Å². The molecule has 1 saturated heterocycles. The number of fused-ring (bicyclic) bond motifs is 4. The highest BCUT2D eigenvalue weighted by Gasteiger charge is 2.39. The zero-order valence-electron chi connectivity index (χ0n) is 14.6. The van der Waals surface area contributed by atoms with Crippen LogP contribution in [0.2, 0.25) is 5.02 Å². The molecular weight excluding hydrogens is 336 g/mol. The summed E-state index contributed by atoms with van der Waals surface area (Å²) >= 11 is 5.96. The normalized spacial score (nSPS) is 25.8. The van der Waals surface area contributed by atoms with Crippen molar-refractivity contribution >= 4 is 11.6 Å². The minimum absolute atomic E-state index is 0.172. The summed E-state index contributed by atoms with van der Waals surface area (Å²) in [5.74, 6) is 1.02. The molecule has 0 radical (unpaired) electrons. The summed E-state index contributed by atoms with van der Waals surface area (Å²) in [6.45, 7) is 6.12. The molecule has 0 spiro atoms. The predicted octanol–water partition coefficient (Wildman–Crippen LogP) is 3.16. The molecule has 3 atom stereocenters. The minimum atomic E-state index is 0.172. The Hall–Kier alpha value is -1.59. The van der Waals surface area contributed by atoms with E-state index in [1.165, 1.54) is 12.1 Å². The largest absolute Gasteiger partial charge is 0.309 e. The van der Waals surface area contributed by atoms with E-state index in [-0.39, 0.29) is 5.56 Å². The van der Waals surface area contributed by atoms with Gasteiger partial charge in [0.1, 0.15) is 0 Å². The Kier molecular flexibility index (Phi) is 4.69. The summed E-state index contributed by atoms with van der Waals surface area (Å²) in [5, 5.41) is 4.96. The summed E-state index contributed by atoms with van der Waals surface area (Å²) in [7, 11) is 0. The van der Waals surface area contributed by atoms with Crippen molar-refractivity contribution in [1.29, 1.82) is 0 Å². The van der Waals surface area contributed by atoms with Gasteiger partial charge in [-0.1, -0.05) is 31.0 Å². The number of piperidine rings is 1. The molecule has 2 aromatic rings. The lowest BCUT2D eigenvalue weighted by atomic mass is 9.77. The Morgan fingerprint density at radius 1 is 1.28 bits per heavy atom. The Bertz CT molecular complexity index is 799. The molecule has 5 nitrogen and oxygen atoms in total. The maximum Gasteiger partial charge on any atom is 0.250 e. The van der Waals surface area contributed by atoms with Gasteiger partial charge in [-0.25, -0.2) is 0 Å². The van der Waals surface area contributed by atoms with Crippen molar-refractivity contribution in [2.24, 2.45) is 5.92 Å². The number of nitrogens with zero attached hydrogens (tertiary/aromatic N) is 4. The third-order valence-corrected chi connectivity index (χ3v) is 5.90. The quantitative estimate of drug-likeness (QED) is 0.822. The number of pyridine rings is 1. The lowest BCUT2D eigenvalue weighted by Gasteiger charge is -2.47. The van der Waals surface area contributed by atoms with Crippen molar-refractivity contribution in [3.05, 3.63) is 51.7 Å². The highest BCUT2D eigenvalue weighted by atomic mass is 35.5. The molecule has 2 bridgehead atoms. The Balaban J connectivity index is 1.55. The SMILES string of the molecule is CCC[C@H]1[C@H]2C[C@H](CN(CCn3cc(Cl)cn3)C2)c2cccc(=O)n21. The molecular formula is C19H25ClN4O. The zero-order chi connectivity index (χ0) is 17.4. The molecule has 0 aromatic carbocycles. The summed E-state index contributed by atoms with van der Waals surface area (Å²) < 4.78 is 4.02. The van der Waals surface area contributed by atoms with Crippen LogP contribution in [0.25, 0.3) is 0 Å². The van der Waals surface area contributed by atoms with E-state index in [2.05, 4.69) is 27.6 Å². The Morgan fingerprint density at radius 2 is 2.16 bits per heavy atom. The van der Waals surface area contributed by atoms with Crippen molar-refractivity contribution in [1.82, 2.24) is 19.2 Å². The fraction of sp³-hybridized carbons (Fsp3) is 0.579. The third kappa shape index (κ3) is 3.27. The number of aromatic nitrogens is 3. The molecule has 0 aliphatic carbocycles. The van der Waals surface area contributed by atoms with Gasteiger partial charge in [0.2, 0.25) is 0 Å². The van der Waals surface area contributed by atoms with Crippen LogP contribution in [0, 0.1) is 5.92 Å². The Labute approximate surface area is 153 Å². The van der Waals surface area contributed by atoms with Crippen molar-refractivity contribution in [3.63, 3.8) is 0 Å². The van der Waals surface area contributed by atoms with E-state index in [0.717, 1.165) is 39.0 Å². The molecule has 2 aliphatic rings. The van der Waals surface area contributed by atoms with Gasteiger partial charge >= 0.3 is 0 Å². The highest BCUT2D eigenvalue weighted by molar-refractivity contribution is 6.30. The summed E-state index contributed by atoms with van der Waals surface area (Å²) in [5.41, 5.74) is 1.40. The molecule has 6 heteroatoms. The van der Waals surface area contributed by atoms with Crippen LogP contribution in [0.5, 0.6) is 0 Å². The molecule has 4 rings (SSSR count). The first-order valence-corrected chi connectivity index (χ1v) is 9.65. The van der Waals surface area contributed by atoms with Crippen LogP contribution in [0.3, 0.4) is 0 Å². The summed E-state index contributed by atoms with van der Waals surface area (Å²) in [6.07, 6.45) is 6.96. The smallest absolute Gasteiger partial charge is 0.250 e. The van der Waals surface area contributed by atoms with Gasteiger partial charge in [0.15, 0.2) is 0 Å². The second-order valence-electron chi connectivity index (χ2n) is 7.39. The lowest BCUT2D eigenvalue weighted by molar-refractivity contribution is 0.0835. The number of rotatable bonds is 5. The van der Waals surface area contributed by atoms with Crippen LogP contribution >= 0.6 is 11.6 Å². The van der Waals surface area contributed by atoms with Crippen molar-refractivity contribution < 1.29 is 0 Å². The molecule has 0 saturated carbocycles. The average molecular weight is 361 g/mol. The highest BCUT2D eigenvalue weighted by Crippen LogP contribution is 2.42. The van der Waals surface area contributed by atoms with Gasteiger partial charge in [-0.2, -0.15) is 5.10 Å². The second-order valence-corrected chi connectivity index (χ2v) is 7.83. The minimum Gasteiger partial charge on any atom is -0.309 e. The predicted molar refractivity (Wildman–Crippen MR) is 99.2 cm³/mol. The molecule has 134 valence electrons. The molecule has 0 amide bonds. The molecule has 4 heterocycles. The molecule has 0 N–H and O–H groups in total. The van der Waals surface area contributed by atoms with E-state index in [1.54, 1.807) is 12.3 Å². The maximum absolute atomic E-state index is 12.5. The van der Waals surface area contributed by atoms with E-state index in [0.29, 0.717) is 22.9 Å². The van der Waals surface area contributed by atoms with Crippen LogP contribution in [0.1, 0.15) is 43.8 Å². The van der Waals surface area contributed by atoms with Crippen LogP contribution in [0.15, 0.2) is 35.4 Å². The van der Waals surface area contributed by atoms with Gasteiger partial charge in [0, 0.05) is 49.6 Å². The first-order valence-electron chi connectivity index (χ1n) is 9.27. The van der Waals surface area contributed by atoms with Crippen LogP contribution < -0.4 is 5.56 Å². The summed E-state index contributed by atoms with van der Waals surface area (Å²) in [6, 6.07) is 6.13. The number of hydrogen-bond acceptors (Lipinski definition) is 3. The van der Waals surface area contributed by atoms with Gasteiger partial charge in [-0.05, 0) is 24.8 Å². The van der Waals surface area contributed by atoms with Gasteiger partial charge in [-0.15, -0.1) is 0 Å². The molecule has 2 aliphatic heterocycles. The number of hydrogen-bond donors (Lipinski definition) is 0. The average Bonchev–Trinajstić information content (AvgIpc) is 3.02. The van der Waals surface area contributed by atoms with Crippen molar-refractivity contribution in [3.8, 4) is 0 Å². The van der Waals surface area contributed by atoms with Crippen LogP contribution in [0.4, 0.5) is 0 Å². The van der Waals surface area contributed by atoms with Gasteiger partial charge in [0.25, 0.3) is 5.56 Å². The fourth-order valence-corrected chi connectivity index (χ4v) is 4.84. The summed E-state index contributed by atoms with van der Waals surface area (Å²) in [4.78, 5) is 15.0. The molecule has 0 unspecified atom stereocenters. The maximum atomic E-state index is 12.5. The number of halogens is 1.